The summed E-state index contributed by atoms with van der Waals surface area (Å²) < 4.78 is 5.63. The smallest absolute Gasteiger partial charge is 0.132 e. The van der Waals surface area contributed by atoms with Crippen molar-refractivity contribution in [2.45, 2.75) is 59.0 Å². The minimum atomic E-state index is 0.519. The molecule has 1 saturated heterocycles. The minimum absolute atomic E-state index is 0.519. The standard InChI is InChI=1S/C15H25N3O/c1-11-12(2)17-13(3)18-15(11)16-9-5-4-7-14-8-6-10-19-14/h14H,4-10H2,1-3H3,(H,16,17,18). The van der Waals surface area contributed by atoms with Crippen molar-refractivity contribution in [1.82, 2.24) is 9.97 Å². The van der Waals surface area contributed by atoms with Crippen LogP contribution in [0, 0.1) is 20.8 Å². The molecule has 4 nitrogen and oxygen atoms in total. The van der Waals surface area contributed by atoms with Crippen LogP contribution in [-0.4, -0.2) is 29.2 Å². The normalized spacial score (nSPS) is 18.8. The Morgan fingerprint density at radius 1 is 1.21 bits per heavy atom. The quantitative estimate of drug-likeness (QED) is 0.801. The molecule has 0 aliphatic carbocycles. The summed E-state index contributed by atoms with van der Waals surface area (Å²) in [6.07, 6.45) is 6.59. The van der Waals surface area contributed by atoms with Crippen LogP contribution in [0.5, 0.6) is 0 Å². The number of aromatic nitrogens is 2. The Balaban J connectivity index is 1.70. The largest absolute Gasteiger partial charge is 0.378 e. The van der Waals surface area contributed by atoms with E-state index in [1.54, 1.807) is 0 Å². The molecular formula is C15H25N3O. The first-order valence-corrected chi connectivity index (χ1v) is 7.34. The van der Waals surface area contributed by atoms with E-state index in [1.807, 2.05) is 13.8 Å². The maximum atomic E-state index is 5.63. The lowest BCUT2D eigenvalue weighted by atomic mass is 10.1. The van der Waals surface area contributed by atoms with Crippen LogP contribution in [0.2, 0.25) is 0 Å². The van der Waals surface area contributed by atoms with Gasteiger partial charge in [0.1, 0.15) is 11.6 Å². The van der Waals surface area contributed by atoms with Gasteiger partial charge in [0.2, 0.25) is 0 Å². The Bertz CT molecular complexity index is 414. The van der Waals surface area contributed by atoms with E-state index in [-0.39, 0.29) is 0 Å². The van der Waals surface area contributed by atoms with Gasteiger partial charge >= 0.3 is 0 Å². The number of unbranched alkanes of at least 4 members (excludes halogenated alkanes) is 1. The third-order valence-electron chi connectivity index (χ3n) is 3.77. The van der Waals surface area contributed by atoms with Gasteiger partial charge in [-0.25, -0.2) is 9.97 Å². The van der Waals surface area contributed by atoms with Gasteiger partial charge in [-0.05, 0) is 52.9 Å². The lowest BCUT2D eigenvalue weighted by molar-refractivity contribution is 0.102. The Labute approximate surface area is 116 Å². The van der Waals surface area contributed by atoms with Crippen LogP contribution < -0.4 is 5.32 Å². The molecule has 0 saturated carbocycles. The van der Waals surface area contributed by atoms with Gasteiger partial charge in [-0.15, -0.1) is 0 Å². The van der Waals surface area contributed by atoms with Gasteiger partial charge < -0.3 is 10.1 Å². The average Bonchev–Trinajstić information content (AvgIpc) is 2.87. The topological polar surface area (TPSA) is 47.0 Å². The van der Waals surface area contributed by atoms with Crippen molar-refractivity contribution in [1.29, 1.82) is 0 Å². The predicted octanol–water partition coefficient (Wildman–Crippen LogP) is 3.16. The summed E-state index contributed by atoms with van der Waals surface area (Å²) in [5.41, 5.74) is 2.22. The molecular weight excluding hydrogens is 238 g/mol. The highest BCUT2D eigenvalue weighted by molar-refractivity contribution is 5.45. The Kier molecular flexibility index (Phi) is 5.14. The molecule has 2 rings (SSSR count). The highest BCUT2D eigenvalue weighted by Gasteiger charge is 2.14. The van der Waals surface area contributed by atoms with Crippen molar-refractivity contribution in [3.63, 3.8) is 0 Å². The van der Waals surface area contributed by atoms with Gasteiger partial charge in [-0.1, -0.05) is 0 Å². The zero-order valence-electron chi connectivity index (χ0n) is 12.3. The number of rotatable bonds is 6. The van der Waals surface area contributed by atoms with E-state index in [0.29, 0.717) is 6.10 Å². The maximum absolute atomic E-state index is 5.63. The Morgan fingerprint density at radius 3 is 2.79 bits per heavy atom. The molecule has 1 aromatic rings. The fraction of sp³-hybridized carbons (Fsp3) is 0.733. The molecule has 2 heterocycles. The van der Waals surface area contributed by atoms with Crippen molar-refractivity contribution in [2.24, 2.45) is 0 Å². The summed E-state index contributed by atoms with van der Waals surface area (Å²) >= 11 is 0. The molecule has 106 valence electrons. The van der Waals surface area contributed by atoms with E-state index in [1.165, 1.54) is 32.1 Å². The van der Waals surface area contributed by atoms with Gasteiger partial charge in [0.25, 0.3) is 0 Å². The van der Waals surface area contributed by atoms with Gasteiger partial charge in [0.05, 0.1) is 6.10 Å². The van der Waals surface area contributed by atoms with E-state index in [4.69, 9.17) is 4.74 Å². The fourth-order valence-electron chi connectivity index (χ4n) is 2.52. The van der Waals surface area contributed by atoms with E-state index in [2.05, 4.69) is 22.2 Å². The molecule has 1 aliphatic rings. The number of hydrogen-bond acceptors (Lipinski definition) is 4. The van der Waals surface area contributed by atoms with Crippen LogP contribution in [0.3, 0.4) is 0 Å². The second-order valence-electron chi connectivity index (χ2n) is 5.39. The van der Waals surface area contributed by atoms with Crippen LogP contribution in [0.25, 0.3) is 0 Å². The Hall–Kier alpha value is -1.16. The summed E-state index contributed by atoms with van der Waals surface area (Å²) in [6, 6.07) is 0. The molecule has 1 fully saturated rings. The molecule has 0 spiro atoms. The molecule has 1 unspecified atom stereocenters. The second-order valence-corrected chi connectivity index (χ2v) is 5.39. The minimum Gasteiger partial charge on any atom is -0.378 e. The van der Waals surface area contributed by atoms with Crippen molar-refractivity contribution < 1.29 is 4.74 Å². The van der Waals surface area contributed by atoms with Crippen LogP contribution in [0.4, 0.5) is 5.82 Å². The second kappa shape index (κ2) is 6.85. The van der Waals surface area contributed by atoms with E-state index in [0.717, 1.165) is 36.1 Å². The van der Waals surface area contributed by atoms with Gasteiger partial charge in [-0.2, -0.15) is 0 Å². The van der Waals surface area contributed by atoms with E-state index in [9.17, 15) is 0 Å². The molecule has 0 bridgehead atoms. The van der Waals surface area contributed by atoms with Gasteiger partial charge in [0, 0.05) is 24.4 Å². The fourth-order valence-corrected chi connectivity index (χ4v) is 2.52. The first-order chi connectivity index (χ1) is 9.16. The molecule has 0 aromatic carbocycles. The lowest BCUT2D eigenvalue weighted by Gasteiger charge is -2.12. The average molecular weight is 263 g/mol. The Morgan fingerprint density at radius 2 is 2.05 bits per heavy atom. The van der Waals surface area contributed by atoms with Crippen LogP contribution in [0.1, 0.15) is 49.2 Å². The van der Waals surface area contributed by atoms with E-state index >= 15 is 0 Å². The molecule has 0 amide bonds. The zero-order chi connectivity index (χ0) is 13.7. The summed E-state index contributed by atoms with van der Waals surface area (Å²) in [7, 11) is 0. The molecule has 19 heavy (non-hydrogen) atoms. The van der Waals surface area contributed by atoms with Crippen molar-refractivity contribution >= 4 is 5.82 Å². The summed E-state index contributed by atoms with van der Waals surface area (Å²) in [6.45, 7) is 7.98. The molecule has 1 N–H and O–H groups in total. The van der Waals surface area contributed by atoms with E-state index < -0.39 is 0 Å². The lowest BCUT2D eigenvalue weighted by Crippen LogP contribution is -2.10. The van der Waals surface area contributed by atoms with Gasteiger partial charge in [-0.3, -0.25) is 0 Å². The number of hydrogen-bond donors (Lipinski definition) is 1. The highest BCUT2D eigenvalue weighted by Crippen LogP contribution is 2.18. The van der Waals surface area contributed by atoms with Crippen molar-refractivity contribution in [2.75, 3.05) is 18.5 Å². The third-order valence-corrected chi connectivity index (χ3v) is 3.77. The number of anilines is 1. The van der Waals surface area contributed by atoms with Crippen LogP contribution >= 0.6 is 0 Å². The summed E-state index contributed by atoms with van der Waals surface area (Å²) in [5, 5.41) is 3.43. The highest BCUT2D eigenvalue weighted by atomic mass is 16.5. The van der Waals surface area contributed by atoms with Gasteiger partial charge in [0.15, 0.2) is 0 Å². The molecule has 1 aliphatic heterocycles. The summed E-state index contributed by atoms with van der Waals surface area (Å²) in [4.78, 5) is 8.82. The number of ether oxygens (including phenoxy) is 1. The summed E-state index contributed by atoms with van der Waals surface area (Å²) in [5.74, 6) is 1.83. The maximum Gasteiger partial charge on any atom is 0.132 e. The first kappa shape index (κ1) is 14.3. The number of nitrogens with zero attached hydrogens (tertiary/aromatic N) is 2. The predicted molar refractivity (Wildman–Crippen MR) is 77.6 cm³/mol. The third kappa shape index (κ3) is 4.16. The molecule has 0 radical (unpaired) electrons. The van der Waals surface area contributed by atoms with Crippen LogP contribution in [0.15, 0.2) is 0 Å². The first-order valence-electron chi connectivity index (χ1n) is 7.34. The van der Waals surface area contributed by atoms with Crippen molar-refractivity contribution in [3.8, 4) is 0 Å². The number of nitrogens with one attached hydrogen (secondary N) is 1. The monoisotopic (exact) mass is 263 g/mol. The molecule has 1 aromatic heterocycles. The molecule has 4 heteroatoms. The molecule has 1 atom stereocenters. The zero-order valence-corrected chi connectivity index (χ0v) is 12.3. The van der Waals surface area contributed by atoms with Crippen molar-refractivity contribution in [3.05, 3.63) is 17.1 Å². The van der Waals surface area contributed by atoms with Crippen LogP contribution in [-0.2, 0) is 4.74 Å². The SMILES string of the molecule is Cc1nc(C)c(C)c(NCCCCC2CCCO2)n1. The number of aryl methyl sites for hydroxylation is 2.